The molecule has 0 radical (unpaired) electrons. The molecule has 0 bridgehead atoms. The minimum atomic E-state index is 0.365. The minimum Gasteiger partial charge on any atom is -0.367 e. The molecule has 3 nitrogen and oxygen atoms in total. The molecule has 1 aliphatic carbocycles. The number of aromatic nitrogens is 2. The van der Waals surface area contributed by atoms with Crippen molar-refractivity contribution in [2.24, 2.45) is 0 Å². The fourth-order valence-electron chi connectivity index (χ4n) is 2.17. The van der Waals surface area contributed by atoms with E-state index >= 15 is 0 Å². The van der Waals surface area contributed by atoms with Crippen molar-refractivity contribution in [2.45, 2.75) is 56.9 Å². The molecule has 0 unspecified atom stereocenters. The zero-order valence-corrected chi connectivity index (χ0v) is 11.2. The van der Waals surface area contributed by atoms with Crippen molar-refractivity contribution in [3.63, 3.8) is 0 Å². The average Bonchev–Trinajstić information content (AvgIpc) is 2.32. The van der Waals surface area contributed by atoms with Crippen LogP contribution in [0, 0.1) is 0 Å². The van der Waals surface area contributed by atoms with E-state index in [0.29, 0.717) is 17.3 Å². The second-order valence-corrected chi connectivity index (χ2v) is 5.69. The third-order valence-electron chi connectivity index (χ3n) is 3.29. The van der Waals surface area contributed by atoms with E-state index in [0.717, 1.165) is 37.2 Å². The molecule has 0 saturated heterocycles. The van der Waals surface area contributed by atoms with Crippen LogP contribution in [0.5, 0.6) is 0 Å². The molecule has 17 heavy (non-hydrogen) atoms. The van der Waals surface area contributed by atoms with Crippen LogP contribution in [0.3, 0.4) is 0 Å². The average molecular weight is 254 g/mol. The summed E-state index contributed by atoms with van der Waals surface area (Å²) in [5, 5.41) is 3.85. The Morgan fingerprint density at radius 3 is 2.59 bits per heavy atom. The van der Waals surface area contributed by atoms with Crippen LogP contribution in [0.15, 0.2) is 12.4 Å². The predicted molar refractivity (Wildman–Crippen MR) is 71.6 cm³/mol. The second kappa shape index (κ2) is 5.67. The van der Waals surface area contributed by atoms with E-state index in [1.807, 2.05) is 0 Å². The van der Waals surface area contributed by atoms with Gasteiger partial charge >= 0.3 is 0 Å². The van der Waals surface area contributed by atoms with Crippen LogP contribution in [0.2, 0.25) is 0 Å². The minimum absolute atomic E-state index is 0.365. The van der Waals surface area contributed by atoms with Gasteiger partial charge in [-0.05, 0) is 31.6 Å². The Hall–Kier alpha value is -0.830. The van der Waals surface area contributed by atoms with Gasteiger partial charge in [0, 0.05) is 23.2 Å². The molecular weight excluding hydrogens is 234 g/mol. The fourth-order valence-corrected chi connectivity index (χ4v) is 2.43. The highest BCUT2D eigenvalue weighted by atomic mass is 35.5. The van der Waals surface area contributed by atoms with Gasteiger partial charge in [-0.1, -0.05) is 13.8 Å². The summed E-state index contributed by atoms with van der Waals surface area (Å²) in [7, 11) is 0. The van der Waals surface area contributed by atoms with Crippen LogP contribution in [0.1, 0.15) is 51.1 Å². The highest BCUT2D eigenvalue weighted by Crippen LogP contribution is 2.25. The molecule has 1 heterocycles. The van der Waals surface area contributed by atoms with Crippen LogP contribution in [-0.2, 0) is 0 Å². The maximum atomic E-state index is 6.10. The third kappa shape index (κ3) is 3.56. The van der Waals surface area contributed by atoms with E-state index in [4.69, 9.17) is 11.6 Å². The molecule has 0 amide bonds. The van der Waals surface area contributed by atoms with Crippen molar-refractivity contribution in [3.05, 3.63) is 18.1 Å². The number of alkyl halides is 1. The quantitative estimate of drug-likeness (QED) is 0.837. The number of halogens is 1. The van der Waals surface area contributed by atoms with Gasteiger partial charge < -0.3 is 5.32 Å². The van der Waals surface area contributed by atoms with Gasteiger partial charge in [0.2, 0.25) is 0 Å². The maximum absolute atomic E-state index is 6.10. The van der Waals surface area contributed by atoms with E-state index in [9.17, 15) is 0 Å². The smallest absolute Gasteiger partial charge is 0.129 e. The van der Waals surface area contributed by atoms with E-state index in [2.05, 4.69) is 35.2 Å². The van der Waals surface area contributed by atoms with Crippen molar-refractivity contribution >= 4 is 17.4 Å². The Bertz CT molecular complexity index is 359. The summed E-state index contributed by atoms with van der Waals surface area (Å²) < 4.78 is 0. The van der Waals surface area contributed by atoms with Crippen molar-refractivity contribution in [1.82, 2.24) is 9.97 Å². The van der Waals surface area contributed by atoms with Gasteiger partial charge in [0.05, 0.1) is 0 Å². The number of hydrogen-bond acceptors (Lipinski definition) is 3. The number of anilines is 1. The second-order valence-electron chi connectivity index (χ2n) is 5.08. The van der Waals surface area contributed by atoms with Crippen LogP contribution >= 0.6 is 11.6 Å². The summed E-state index contributed by atoms with van der Waals surface area (Å²) >= 11 is 6.10. The molecule has 0 aliphatic heterocycles. The van der Waals surface area contributed by atoms with Gasteiger partial charge in [0.15, 0.2) is 0 Å². The van der Waals surface area contributed by atoms with E-state index in [1.54, 1.807) is 6.33 Å². The molecule has 1 aromatic rings. The summed E-state index contributed by atoms with van der Waals surface area (Å²) in [5.41, 5.74) is 1.09. The van der Waals surface area contributed by atoms with Gasteiger partial charge in [-0.15, -0.1) is 11.6 Å². The third-order valence-corrected chi connectivity index (χ3v) is 3.72. The number of nitrogens with zero attached hydrogens (tertiary/aromatic N) is 2. The predicted octanol–water partition coefficient (Wildman–Crippen LogP) is 3.56. The monoisotopic (exact) mass is 253 g/mol. The van der Waals surface area contributed by atoms with E-state index in [-0.39, 0.29) is 0 Å². The van der Waals surface area contributed by atoms with E-state index < -0.39 is 0 Å². The van der Waals surface area contributed by atoms with Crippen molar-refractivity contribution < 1.29 is 0 Å². The Morgan fingerprint density at radius 1 is 1.24 bits per heavy atom. The van der Waals surface area contributed by atoms with Crippen LogP contribution < -0.4 is 5.32 Å². The SMILES string of the molecule is CC(C)c1cc(NC2CCC(Cl)CC2)ncn1. The van der Waals surface area contributed by atoms with Crippen molar-refractivity contribution in [1.29, 1.82) is 0 Å². The van der Waals surface area contributed by atoms with Crippen molar-refractivity contribution in [2.75, 3.05) is 5.32 Å². The maximum Gasteiger partial charge on any atom is 0.129 e. The summed E-state index contributed by atoms with van der Waals surface area (Å²) in [4.78, 5) is 8.55. The largest absolute Gasteiger partial charge is 0.367 e. The first-order valence-electron chi connectivity index (χ1n) is 6.37. The molecule has 0 atom stereocenters. The lowest BCUT2D eigenvalue weighted by Gasteiger charge is -2.26. The lowest BCUT2D eigenvalue weighted by atomic mass is 9.95. The summed E-state index contributed by atoms with van der Waals surface area (Å²) in [6, 6.07) is 2.57. The Morgan fingerprint density at radius 2 is 1.94 bits per heavy atom. The molecule has 1 aromatic heterocycles. The van der Waals surface area contributed by atoms with Gasteiger partial charge in [-0.3, -0.25) is 0 Å². The summed E-state index contributed by atoms with van der Waals surface area (Å²) in [6.07, 6.45) is 6.11. The molecule has 4 heteroatoms. The summed E-state index contributed by atoms with van der Waals surface area (Å²) in [6.45, 7) is 4.29. The normalized spacial score (nSPS) is 24.9. The molecule has 2 rings (SSSR count). The highest BCUT2D eigenvalue weighted by molar-refractivity contribution is 6.20. The zero-order chi connectivity index (χ0) is 12.3. The molecule has 1 fully saturated rings. The molecule has 1 N–H and O–H groups in total. The fraction of sp³-hybridized carbons (Fsp3) is 0.692. The van der Waals surface area contributed by atoms with Crippen LogP contribution in [0.4, 0.5) is 5.82 Å². The number of hydrogen-bond donors (Lipinski definition) is 1. The lowest BCUT2D eigenvalue weighted by Crippen LogP contribution is -2.26. The molecule has 0 aromatic carbocycles. The van der Waals surface area contributed by atoms with Crippen LogP contribution in [0.25, 0.3) is 0 Å². The van der Waals surface area contributed by atoms with Gasteiger partial charge in [-0.2, -0.15) is 0 Å². The summed E-state index contributed by atoms with van der Waals surface area (Å²) in [5.74, 6) is 1.39. The van der Waals surface area contributed by atoms with Crippen LogP contribution in [-0.4, -0.2) is 21.4 Å². The van der Waals surface area contributed by atoms with Gasteiger partial charge in [0.1, 0.15) is 12.1 Å². The first kappa shape index (κ1) is 12.6. The Labute approximate surface area is 108 Å². The number of nitrogens with one attached hydrogen (secondary N) is 1. The molecule has 1 saturated carbocycles. The first-order valence-corrected chi connectivity index (χ1v) is 6.81. The Balaban J connectivity index is 1.96. The molecular formula is C13H20ClN3. The Kier molecular flexibility index (Phi) is 4.21. The first-order chi connectivity index (χ1) is 8.15. The zero-order valence-electron chi connectivity index (χ0n) is 10.5. The topological polar surface area (TPSA) is 37.8 Å². The lowest BCUT2D eigenvalue weighted by molar-refractivity contribution is 0.467. The van der Waals surface area contributed by atoms with Gasteiger partial charge in [0.25, 0.3) is 0 Å². The molecule has 1 aliphatic rings. The highest BCUT2D eigenvalue weighted by Gasteiger charge is 2.19. The molecule has 0 spiro atoms. The number of rotatable bonds is 3. The van der Waals surface area contributed by atoms with Gasteiger partial charge in [-0.25, -0.2) is 9.97 Å². The standard InChI is InChI=1S/C13H20ClN3/c1-9(2)12-7-13(16-8-15-12)17-11-5-3-10(14)4-6-11/h7-11H,3-6H2,1-2H3,(H,15,16,17). The van der Waals surface area contributed by atoms with Crippen molar-refractivity contribution in [3.8, 4) is 0 Å². The van der Waals surface area contributed by atoms with E-state index in [1.165, 1.54) is 0 Å². The molecule has 94 valence electrons.